The maximum Gasteiger partial charge on any atom is 0.352 e. The Morgan fingerprint density at radius 2 is 1.55 bits per heavy atom. The first-order valence-corrected chi connectivity index (χ1v) is 10.6. The number of nitrogens with zero attached hydrogens (tertiary/aromatic N) is 1. The Morgan fingerprint density at radius 1 is 0.974 bits per heavy atom. The van der Waals surface area contributed by atoms with Crippen molar-refractivity contribution in [1.82, 2.24) is 0 Å². The average molecular weight is 535 g/mol. The fourth-order valence-electron chi connectivity index (χ4n) is 3.43. The Balaban J connectivity index is 1.53. The van der Waals surface area contributed by atoms with Crippen LogP contribution in [-0.2, 0) is 4.79 Å². The van der Waals surface area contributed by atoms with Crippen LogP contribution in [0.1, 0.15) is 28.4 Å². The van der Waals surface area contributed by atoms with Crippen molar-refractivity contribution in [1.29, 1.82) is 0 Å². The molecule has 38 heavy (non-hydrogen) atoms. The van der Waals surface area contributed by atoms with E-state index < -0.39 is 57.6 Å². The van der Waals surface area contributed by atoms with Gasteiger partial charge in [0.05, 0.1) is 10.5 Å². The van der Waals surface area contributed by atoms with E-state index in [1.807, 2.05) is 0 Å². The highest BCUT2D eigenvalue weighted by Gasteiger charge is 2.33. The zero-order valence-electron chi connectivity index (χ0n) is 19.3. The van der Waals surface area contributed by atoms with Crippen LogP contribution in [-0.4, -0.2) is 22.8 Å². The molecule has 196 valence electrons. The van der Waals surface area contributed by atoms with Gasteiger partial charge in [-0.05, 0) is 49.8 Å². The van der Waals surface area contributed by atoms with Crippen LogP contribution < -0.4 is 14.2 Å². The van der Waals surface area contributed by atoms with Crippen molar-refractivity contribution in [3.8, 4) is 17.2 Å². The molecule has 3 aromatic carbocycles. The monoisotopic (exact) mass is 535 g/mol. The van der Waals surface area contributed by atoms with Gasteiger partial charge in [-0.1, -0.05) is 0 Å². The van der Waals surface area contributed by atoms with Gasteiger partial charge >= 0.3 is 5.97 Å². The summed E-state index contributed by atoms with van der Waals surface area (Å²) in [4.78, 5) is 35.4. The molecule has 0 aliphatic carbocycles. The summed E-state index contributed by atoms with van der Waals surface area (Å²) in [6, 6.07) is 7.86. The molecule has 1 heterocycles. The molecule has 0 bridgehead atoms. The molecule has 3 aromatic rings. The number of carbonyl (C=O) groups excluding carboxylic acids is 2. The molecule has 13 heteroatoms. The number of allylic oxidation sites excluding steroid dienone is 1. The molecule has 4 rings (SSSR count). The predicted molar refractivity (Wildman–Crippen MR) is 119 cm³/mol. The van der Waals surface area contributed by atoms with E-state index in [1.54, 1.807) is 0 Å². The highest BCUT2D eigenvalue weighted by molar-refractivity contribution is 6.15. The third kappa shape index (κ3) is 4.65. The van der Waals surface area contributed by atoms with Gasteiger partial charge in [-0.15, -0.1) is 0 Å². The van der Waals surface area contributed by atoms with Crippen LogP contribution >= 0.6 is 0 Å². The summed E-state index contributed by atoms with van der Waals surface area (Å²) in [5, 5.41) is 10.8. The van der Waals surface area contributed by atoms with E-state index in [0.29, 0.717) is 5.56 Å². The SMILES string of the molecule is Cc1c(OC(=O)C(C)Oc2c(F)c(F)c(F)c(F)c2F)ccc2c1O/C(=C\c1ccc([N+](=O)[O-])cc1)C2=O. The van der Waals surface area contributed by atoms with Crippen molar-refractivity contribution in [3.63, 3.8) is 0 Å². The Labute approximate surface area is 210 Å². The number of nitro benzene ring substituents is 1. The minimum Gasteiger partial charge on any atom is -0.473 e. The summed E-state index contributed by atoms with van der Waals surface area (Å²) in [5.74, 6) is -15.0. The number of fused-ring (bicyclic) bond motifs is 1. The topological polar surface area (TPSA) is 105 Å². The number of carbonyl (C=O) groups is 2. The molecular formula is C25H14F5NO7. The number of halogens is 5. The lowest BCUT2D eigenvalue weighted by molar-refractivity contribution is -0.384. The van der Waals surface area contributed by atoms with E-state index in [9.17, 15) is 41.7 Å². The van der Waals surface area contributed by atoms with Crippen LogP contribution in [0.2, 0.25) is 0 Å². The highest BCUT2D eigenvalue weighted by atomic mass is 19.2. The summed E-state index contributed by atoms with van der Waals surface area (Å²) in [6.07, 6.45) is -0.451. The van der Waals surface area contributed by atoms with E-state index in [4.69, 9.17) is 9.47 Å². The Morgan fingerprint density at radius 3 is 2.13 bits per heavy atom. The predicted octanol–water partition coefficient (Wildman–Crippen LogP) is 5.59. The molecule has 1 aliphatic rings. The Bertz CT molecular complexity index is 1510. The second kappa shape index (κ2) is 9.92. The Kier molecular flexibility index (Phi) is 6.85. The highest BCUT2D eigenvalue weighted by Crippen LogP contribution is 2.39. The molecule has 1 atom stereocenters. The van der Waals surface area contributed by atoms with Crippen LogP contribution in [0.4, 0.5) is 27.6 Å². The molecule has 1 unspecified atom stereocenters. The zero-order valence-corrected chi connectivity index (χ0v) is 19.3. The first kappa shape index (κ1) is 26.3. The first-order chi connectivity index (χ1) is 17.9. The van der Waals surface area contributed by atoms with E-state index in [-0.39, 0.29) is 34.1 Å². The number of Topliss-reactive ketones (excluding diaryl/α,β-unsaturated/α-hetero) is 1. The normalized spacial score (nSPS) is 14.2. The smallest absolute Gasteiger partial charge is 0.352 e. The lowest BCUT2D eigenvalue weighted by atomic mass is 10.1. The van der Waals surface area contributed by atoms with Crippen molar-refractivity contribution >= 4 is 23.5 Å². The second-order valence-corrected chi connectivity index (χ2v) is 7.93. The van der Waals surface area contributed by atoms with Crippen LogP contribution in [0, 0.1) is 46.1 Å². The minimum absolute atomic E-state index is 0.0433. The van der Waals surface area contributed by atoms with Gasteiger partial charge in [0.2, 0.25) is 34.9 Å². The van der Waals surface area contributed by atoms with Gasteiger partial charge in [0.1, 0.15) is 11.5 Å². The largest absolute Gasteiger partial charge is 0.473 e. The van der Waals surface area contributed by atoms with Crippen molar-refractivity contribution in [2.24, 2.45) is 0 Å². The van der Waals surface area contributed by atoms with Gasteiger partial charge in [0, 0.05) is 17.7 Å². The quantitative estimate of drug-likeness (QED) is 0.0593. The number of non-ortho nitro benzene ring substituents is 1. The molecule has 1 aliphatic heterocycles. The van der Waals surface area contributed by atoms with Gasteiger partial charge in [-0.3, -0.25) is 14.9 Å². The number of ether oxygens (including phenoxy) is 3. The number of nitro groups is 1. The van der Waals surface area contributed by atoms with E-state index >= 15 is 0 Å². The summed E-state index contributed by atoms with van der Waals surface area (Å²) in [5.41, 5.74) is 0.603. The first-order valence-electron chi connectivity index (χ1n) is 10.6. The summed E-state index contributed by atoms with van der Waals surface area (Å²) in [7, 11) is 0. The standard InChI is InChI=1S/C25H14F5NO7/c1-10-15(38-25(33)11(2)36-24-20(29)18(27)17(26)19(28)21(24)30)8-7-14-22(32)16(37-23(10)14)9-12-3-5-13(6-4-12)31(34)35/h3-9,11H,1-2H3/b16-9-. The van der Waals surface area contributed by atoms with Gasteiger partial charge in [-0.25, -0.2) is 18.0 Å². The van der Waals surface area contributed by atoms with Crippen LogP contribution in [0.15, 0.2) is 42.2 Å². The molecule has 0 amide bonds. The molecule has 0 saturated carbocycles. The Hall–Kier alpha value is -4.81. The molecule has 0 radical (unpaired) electrons. The fraction of sp³-hybridized carbons (Fsp3) is 0.120. The second-order valence-electron chi connectivity index (χ2n) is 7.93. The number of benzene rings is 3. The molecule has 0 spiro atoms. The van der Waals surface area contributed by atoms with E-state index in [1.165, 1.54) is 49.4 Å². The number of hydrogen-bond acceptors (Lipinski definition) is 7. The summed E-state index contributed by atoms with van der Waals surface area (Å²) < 4.78 is 83.2. The van der Waals surface area contributed by atoms with Gasteiger partial charge in [0.25, 0.3) is 5.69 Å². The number of ketones is 1. The molecule has 0 saturated heterocycles. The number of hydrogen-bond donors (Lipinski definition) is 0. The molecular weight excluding hydrogens is 521 g/mol. The lowest BCUT2D eigenvalue weighted by Gasteiger charge is -2.16. The average Bonchev–Trinajstić information content (AvgIpc) is 3.21. The minimum atomic E-state index is -2.38. The van der Waals surface area contributed by atoms with Gasteiger partial charge < -0.3 is 14.2 Å². The van der Waals surface area contributed by atoms with Crippen molar-refractivity contribution in [2.75, 3.05) is 0 Å². The van der Waals surface area contributed by atoms with Crippen LogP contribution in [0.3, 0.4) is 0 Å². The molecule has 0 N–H and O–H groups in total. The maximum atomic E-state index is 13.9. The van der Waals surface area contributed by atoms with Crippen LogP contribution in [0.25, 0.3) is 6.08 Å². The maximum absolute atomic E-state index is 13.9. The fourth-order valence-corrected chi connectivity index (χ4v) is 3.43. The lowest BCUT2D eigenvalue weighted by Crippen LogP contribution is -2.29. The van der Waals surface area contributed by atoms with Gasteiger partial charge in [0.15, 0.2) is 17.6 Å². The van der Waals surface area contributed by atoms with Crippen molar-refractivity contribution in [2.45, 2.75) is 20.0 Å². The van der Waals surface area contributed by atoms with Crippen molar-refractivity contribution < 1.29 is 50.7 Å². The molecule has 0 aromatic heterocycles. The van der Waals surface area contributed by atoms with Crippen molar-refractivity contribution in [3.05, 3.63) is 98.0 Å². The number of rotatable bonds is 6. The third-order valence-corrected chi connectivity index (χ3v) is 5.44. The molecule has 8 nitrogen and oxygen atoms in total. The zero-order chi connectivity index (χ0) is 27.9. The third-order valence-electron chi connectivity index (χ3n) is 5.44. The molecule has 0 fully saturated rings. The summed E-state index contributed by atoms with van der Waals surface area (Å²) in [6.45, 7) is 2.41. The van der Waals surface area contributed by atoms with E-state index in [2.05, 4.69) is 4.74 Å². The van der Waals surface area contributed by atoms with Gasteiger partial charge in [-0.2, -0.15) is 8.78 Å². The van der Waals surface area contributed by atoms with Crippen LogP contribution in [0.5, 0.6) is 17.2 Å². The summed E-state index contributed by atoms with van der Waals surface area (Å²) >= 11 is 0. The number of esters is 1. The van der Waals surface area contributed by atoms with E-state index in [0.717, 1.165) is 6.92 Å².